The molecule has 110 valence electrons. The third-order valence-electron chi connectivity index (χ3n) is 3.63. The van der Waals surface area contributed by atoms with Crippen molar-refractivity contribution in [1.82, 2.24) is 14.7 Å². The topological polar surface area (TPSA) is 58.8 Å². The average Bonchev–Trinajstić information content (AvgIpc) is 2.82. The van der Waals surface area contributed by atoms with E-state index in [2.05, 4.69) is 34.6 Å². The highest BCUT2D eigenvalue weighted by molar-refractivity contribution is 5.48. The molecule has 1 unspecified atom stereocenters. The Kier molecular flexibility index (Phi) is 4.75. The lowest BCUT2D eigenvalue weighted by atomic mass is 9.99. The summed E-state index contributed by atoms with van der Waals surface area (Å²) in [5.41, 5.74) is 3.01. The molecule has 2 rings (SSSR count). The maximum atomic E-state index is 9.18. The summed E-state index contributed by atoms with van der Waals surface area (Å²) >= 11 is 0. The number of fused-ring (bicyclic) bond motifs is 1. The van der Waals surface area contributed by atoms with Gasteiger partial charge >= 0.3 is 0 Å². The molecule has 2 N–H and O–H groups in total. The van der Waals surface area contributed by atoms with Crippen LogP contribution in [0.25, 0.3) is 5.65 Å². The van der Waals surface area contributed by atoms with Gasteiger partial charge in [-0.2, -0.15) is 0 Å². The van der Waals surface area contributed by atoms with Crippen LogP contribution in [0.4, 0.5) is 0 Å². The number of rotatable bonds is 7. The lowest BCUT2D eigenvalue weighted by Crippen LogP contribution is -2.46. The van der Waals surface area contributed by atoms with Gasteiger partial charge in [-0.05, 0) is 31.9 Å². The predicted octanol–water partition coefficient (Wildman–Crippen LogP) is 1.52. The number of nitrogens with one attached hydrogen (secondary N) is 1. The molecular weight excluding hydrogens is 254 g/mol. The van der Waals surface area contributed by atoms with Gasteiger partial charge in [-0.1, -0.05) is 6.07 Å². The fraction of sp³-hybridized carbons (Fsp3) is 0.533. The molecule has 20 heavy (non-hydrogen) atoms. The van der Waals surface area contributed by atoms with E-state index in [1.807, 2.05) is 18.5 Å². The molecule has 0 amide bonds. The van der Waals surface area contributed by atoms with Crippen molar-refractivity contribution in [3.63, 3.8) is 0 Å². The number of aliphatic hydroxyl groups excluding tert-OH is 1. The van der Waals surface area contributed by atoms with E-state index in [1.165, 1.54) is 0 Å². The number of ether oxygens (including phenoxy) is 1. The summed E-state index contributed by atoms with van der Waals surface area (Å²) in [7, 11) is 1.68. The summed E-state index contributed by atoms with van der Waals surface area (Å²) in [4.78, 5) is 4.45. The maximum Gasteiger partial charge on any atom is 0.139 e. The number of hydrogen-bond donors (Lipinski definition) is 2. The van der Waals surface area contributed by atoms with Crippen LogP contribution in [0.2, 0.25) is 0 Å². The Hall–Kier alpha value is -1.43. The first-order valence-corrected chi connectivity index (χ1v) is 6.86. The van der Waals surface area contributed by atoms with Gasteiger partial charge in [-0.25, -0.2) is 4.98 Å². The van der Waals surface area contributed by atoms with Gasteiger partial charge in [-0.15, -0.1) is 0 Å². The summed E-state index contributed by atoms with van der Waals surface area (Å²) in [6, 6.07) is 4.08. The highest BCUT2D eigenvalue weighted by Gasteiger charge is 2.23. The fourth-order valence-electron chi connectivity index (χ4n) is 2.41. The largest absolute Gasteiger partial charge is 0.396 e. The van der Waals surface area contributed by atoms with E-state index in [1.54, 1.807) is 7.11 Å². The average molecular weight is 277 g/mol. The molecule has 0 bridgehead atoms. The van der Waals surface area contributed by atoms with E-state index < -0.39 is 0 Å². The first-order valence-electron chi connectivity index (χ1n) is 6.86. The van der Waals surface area contributed by atoms with Crippen LogP contribution >= 0.6 is 0 Å². The molecule has 0 saturated carbocycles. The van der Waals surface area contributed by atoms with Crippen LogP contribution in [-0.4, -0.2) is 40.4 Å². The molecule has 1 atom stereocenters. The van der Waals surface area contributed by atoms with Crippen molar-refractivity contribution in [3.05, 3.63) is 35.8 Å². The molecular formula is C15H23N3O2. The van der Waals surface area contributed by atoms with Crippen LogP contribution in [0, 0.1) is 6.92 Å². The summed E-state index contributed by atoms with van der Waals surface area (Å²) in [6.45, 7) is 5.49. The number of aromatic nitrogens is 2. The molecule has 0 fully saturated rings. The third-order valence-corrected chi connectivity index (χ3v) is 3.63. The molecule has 0 spiro atoms. The Morgan fingerprint density at radius 3 is 3.00 bits per heavy atom. The minimum Gasteiger partial charge on any atom is -0.396 e. The van der Waals surface area contributed by atoms with E-state index in [4.69, 9.17) is 4.74 Å². The Morgan fingerprint density at radius 2 is 2.30 bits per heavy atom. The number of imidazole rings is 1. The van der Waals surface area contributed by atoms with E-state index in [9.17, 15) is 5.11 Å². The zero-order valence-corrected chi connectivity index (χ0v) is 12.4. The van der Waals surface area contributed by atoms with Gasteiger partial charge in [-0.3, -0.25) is 0 Å². The van der Waals surface area contributed by atoms with E-state index in [0.29, 0.717) is 19.6 Å². The third kappa shape index (κ3) is 3.17. The van der Waals surface area contributed by atoms with Crippen LogP contribution < -0.4 is 5.32 Å². The molecule has 0 saturated heterocycles. The lowest BCUT2D eigenvalue weighted by molar-refractivity contribution is 0.0967. The van der Waals surface area contributed by atoms with Gasteiger partial charge in [0, 0.05) is 32.0 Å². The van der Waals surface area contributed by atoms with Gasteiger partial charge < -0.3 is 19.6 Å². The maximum absolute atomic E-state index is 9.18. The van der Waals surface area contributed by atoms with Crippen LogP contribution in [0.15, 0.2) is 24.5 Å². The summed E-state index contributed by atoms with van der Waals surface area (Å²) < 4.78 is 7.33. The van der Waals surface area contributed by atoms with E-state index >= 15 is 0 Å². The number of pyridine rings is 1. The smallest absolute Gasteiger partial charge is 0.139 e. The number of nitrogens with zero attached hydrogens (tertiary/aromatic N) is 2. The first-order chi connectivity index (χ1) is 9.59. The van der Waals surface area contributed by atoms with Gasteiger partial charge in [0.25, 0.3) is 0 Å². The molecule has 0 aliphatic carbocycles. The van der Waals surface area contributed by atoms with Crippen molar-refractivity contribution in [2.75, 3.05) is 20.3 Å². The second-order valence-electron chi connectivity index (χ2n) is 5.46. The van der Waals surface area contributed by atoms with Gasteiger partial charge in [0.1, 0.15) is 5.65 Å². The molecule has 0 aromatic carbocycles. The Bertz CT molecular complexity index is 559. The number of methoxy groups -OCH3 is 1. The van der Waals surface area contributed by atoms with Gasteiger partial charge in [0.05, 0.1) is 18.5 Å². The molecule has 5 nitrogen and oxygen atoms in total. The minimum absolute atomic E-state index is 0.138. The number of hydrogen-bond acceptors (Lipinski definition) is 4. The van der Waals surface area contributed by atoms with Crippen LogP contribution in [0.3, 0.4) is 0 Å². The summed E-state index contributed by atoms with van der Waals surface area (Å²) in [5.74, 6) is 0. The summed E-state index contributed by atoms with van der Waals surface area (Å²) in [5, 5.41) is 12.6. The Morgan fingerprint density at radius 1 is 1.50 bits per heavy atom. The van der Waals surface area contributed by atoms with Crippen LogP contribution in [0.1, 0.15) is 24.6 Å². The van der Waals surface area contributed by atoms with Crippen molar-refractivity contribution >= 4 is 5.65 Å². The zero-order chi connectivity index (χ0) is 14.6. The molecule has 0 radical (unpaired) electrons. The van der Waals surface area contributed by atoms with E-state index in [0.717, 1.165) is 16.9 Å². The number of aryl methyl sites for hydroxylation is 1. The highest BCUT2D eigenvalue weighted by Crippen LogP contribution is 2.14. The Balaban J connectivity index is 2.14. The van der Waals surface area contributed by atoms with Crippen LogP contribution in [-0.2, 0) is 11.3 Å². The normalized spacial score (nSPS) is 14.6. The zero-order valence-electron chi connectivity index (χ0n) is 12.4. The van der Waals surface area contributed by atoms with Crippen molar-refractivity contribution < 1.29 is 9.84 Å². The van der Waals surface area contributed by atoms with Crippen molar-refractivity contribution in [1.29, 1.82) is 0 Å². The van der Waals surface area contributed by atoms with E-state index in [-0.39, 0.29) is 12.1 Å². The quantitative estimate of drug-likeness (QED) is 0.805. The SMILES string of the molecule is COCC(C)(CCO)NCc1cnc2c(C)cccn12. The molecule has 2 heterocycles. The second kappa shape index (κ2) is 6.35. The fourth-order valence-corrected chi connectivity index (χ4v) is 2.41. The molecule has 5 heteroatoms. The first kappa shape index (κ1) is 15.0. The number of aliphatic hydroxyl groups is 1. The minimum atomic E-state index is -0.239. The standard InChI is InChI=1S/C15H23N3O2/c1-12-5-4-7-18-13(9-16-14(12)18)10-17-15(2,6-8-19)11-20-3/h4-5,7,9,17,19H,6,8,10-11H2,1-3H3. The van der Waals surface area contributed by atoms with Gasteiger partial charge in [0.15, 0.2) is 0 Å². The monoisotopic (exact) mass is 277 g/mol. The van der Waals surface area contributed by atoms with Gasteiger partial charge in [0.2, 0.25) is 0 Å². The molecule has 0 aliphatic rings. The van der Waals surface area contributed by atoms with Crippen molar-refractivity contribution in [2.45, 2.75) is 32.4 Å². The lowest BCUT2D eigenvalue weighted by Gasteiger charge is -2.29. The Labute approximate surface area is 119 Å². The molecule has 2 aromatic rings. The molecule has 0 aliphatic heterocycles. The second-order valence-corrected chi connectivity index (χ2v) is 5.46. The summed E-state index contributed by atoms with van der Waals surface area (Å²) in [6.07, 6.45) is 4.56. The van der Waals surface area contributed by atoms with Crippen molar-refractivity contribution in [2.24, 2.45) is 0 Å². The van der Waals surface area contributed by atoms with Crippen LogP contribution in [0.5, 0.6) is 0 Å². The molecule has 2 aromatic heterocycles. The highest BCUT2D eigenvalue weighted by atomic mass is 16.5. The predicted molar refractivity (Wildman–Crippen MR) is 78.8 cm³/mol. The van der Waals surface area contributed by atoms with Crippen molar-refractivity contribution in [3.8, 4) is 0 Å².